The standard InChI is InChI=1S/C15H23F2N3OSi/c1-22(2,3)7-6-21-10-20-13-8-11(9-18)4-5-12(13)19-15(20)14(16)17/h4-5,8,14H,6-7,9-10,18H2,1-3H3. The van der Waals surface area contributed by atoms with E-state index in [4.69, 9.17) is 10.5 Å². The summed E-state index contributed by atoms with van der Waals surface area (Å²) in [4.78, 5) is 4.02. The molecule has 0 amide bonds. The number of benzene rings is 1. The zero-order chi connectivity index (χ0) is 16.3. The van der Waals surface area contributed by atoms with E-state index >= 15 is 0 Å². The summed E-state index contributed by atoms with van der Waals surface area (Å²) in [5, 5.41) is 0. The molecule has 1 aromatic carbocycles. The van der Waals surface area contributed by atoms with Crippen LogP contribution >= 0.6 is 0 Å². The predicted molar refractivity (Wildman–Crippen MR) is 86.7 cm³/mol. The summed E-state index contributed by atoms with van der Waals surface area (Å²) >= 11 is 0. The Kier molecular flexibility index (Phi) is 5.31. The highest BCUT2D eigenvalue weighted by molar-refractivity contribution is 6.76. The lowest BCUT2D eigenvalue weighted by molar-refractivity contribution is 0.0718. The van der Waals surface area contributed by atoms with Crippen molar-refractivity contribution in [3.8, 4) is 0 Å². The topological polar surface area (TPSA) is 53.1 Å². The molecule has 22 heavy (non-hydrogen) atoms. The van der Waals surface area contributed by atoms with E-state index in [-0.39, 0.29) is 12.6 Å². The van der Waals surface area contributed by atoms with Gasteiger partial charge in [0.15, 0.2) is 5.82 Å². The fraction of sp³-hybridized carbons (Fsp3) is 0.533. The van der Waals surface area contributed by atoms with Gasteiger partial charge in [-0.15, -0.1) is 0 Å². The summed E-state index contributed by atoms with van der Waals surface area (Å²) in [5.41, 5.74) is 7.70. The van der Waals surface area contributed by atoms with Crippen molar-refractivity contribution < 1.29 is 13.5 Å². The Bertz CT molecular complexity index is 637. The fourth-order valence-corrected chi connectivity index (χ4v) is 2.91. The molecule has 0 unspecified atom stereocenters. The van der Waals surface area contributed by atoms with Crippen LogP contribution in [0.2, 0.25) is 25.7 Å². The van der Waals surface area contributed by atoms with Crippen LogP contribution in [-0.4, -0.2) is 24.2 Å². The first-order valence-corrected chi connectivity index (χ1v) is 11.1. The van der Waals surface area contributed by atoms with Crippen LogP contribution in [0.4, 0.5) is 8.78 Å². The molecule has 2 rings (SSSR count). The molecule has 2 N–H and O–H groups in total. The summed E-state index contributed by atoms with van der Waals surface area (Å²) in [5.74, 6) is -0.253. The number of ether oxygens (including phenoxy) is 1. The number of aromatic nitrogens is 2. The molecule has 0 fully saturated rings. The molecule has 0 radical (unpaired) electrons. The molecule has 0 aliphatic heterocycles. The molecule has 2 aromatic rings. The first-order valence-electron chi connectivity index (χ1n) is 7.37. The Balaban J connectivity index is 2.23. The monoisotopic (exact) mass is 327 g/mol. The quantitative estimate of drug-likeness (QED) is 0.622. The lowest BCUT2D eigenvalue weighted by Crippen LogP contribution is -2.22. The molecule has 0 saturated heterocycles. The van der Waals surface area contributed by atoms with Crippen LogP contribution in [0, 0.1) is 0 Å². The number of fused-ring (bicyclic) bond motifs is 1. The largest absolute Gasteiger partial charge is 0.361 e. The van der Waals surface area contributed by atoms with Crippen LogP contribution in [0.1, 0.15) is 17.8 Å². The maximum atomic E-state index is 13.2. The van der Waals surface area contributed by atoms with E-state index in [1.165, 1.54) is 4.57 Å². The van der Waals surface area contributed by atoms with Crippen LogP contribution in [0.25, 0.3) is 11.0 Å². The maximum absolute atomic E-state index is 13.2. The highest BCUT2D eigenvalue weighted by atomic mass is 28.3. The second-order valence-corrected chi connectivity index (χ2v) is 12.2. The zero-order valence-electron chi connectivity index (χ0n) is 13.3. The van der Waals surface area contributed by atoms with Gasteiger partial charge in [0, 0.05) is 21.2 Å². The van der Waals surface area contributed by atoms with Crippen LogP contribution in [-0.2, 0) is 18.0 Å². The van der Waals surface area contributed by atoms with Gasteiger partial charge in [0.1, 0.15) is 6.73 Å². The SMILES string of the molecule is C[Si](C)(C)CCOCn1c(C(F)F)nc2ccc(CN)cc21. The molecule has 0 saturated carbocycles. The van der Waals surface area contributed by atoms with Gasteiger partial charge >= 0.3 is 0 Å². The van der Waals surface area contributed by atoms with Gasteiger partial charge in [0.05, 0.1) is 11.0 Å². The minimum atomic E-state index is -2.63. The van der Waals surface area contributed by atoms with E-state index in [1.54, 1.807) is 18.2 Å². The summed E-state index contributed by atoms with van der Waals surface area (Å²) in [7, 11) is -1.20. The molecule has 0 spiro atoms. The maximum Gasteiger partial charge on any atom is 0.295 e. The van der Waals surface area contributed by atoms with Crippen molar-refractivity contribution in [2.75, 3.05) is 6.61 Å². The van der Waals surface area contributed by atoms with E-state index in [0.29, 0.717) is 24.2 Å². The number of halogens is 2. The van der Waals surface area contributed by atoms with Gasteiger partial charge in [0.25, 0.3) is 6.43 Å². The van der Waals surface area contributed by atoms with Crippen LogP contribution in [0.3, 0.4) is 0 Å². The van der Waals surface area contributed by atoms with Crippen LogP contribution in [0.15, 0.2) is 18.2 Å². The summed E-state index contributed by atoms with van der Waals surface area (Å²) in [6.07, 6.45) is -2.63. The highest BCUT2D eigenvalue weighted by Gasteiger charge is 2.19. The second-order valence-electron chi connectivity index (χ2n) is 6.57. The third-order valence-electron chi connectivity index (χ3n) is 3.49. The summed E-state index contributed by atoms with van der Waals surface area (Å²) in [6, 6.07) is 6.33. The van der Waals surface area contributed by atoms with Crippen molar-refractivity contribution in [2.24, 2.45) is 5.73 Å². The van der Waals surface area contributed by atoms with Gasteiger partial charge in [-0.25, -0.2) is 13.8 Å². The van der Waals surface area contributed by atoms with E-state index in [2.05, 4.69) is 24.6 Å². The van der Waals surface area contributed by atoms with Crippen LogP contribution in [0.5, 0.6) is 0 Å². The molecular weight excluding hydrogens is 304 g/mol. The normalized spacial score (nSPS) is 12.5. The molecule has 4 nitrogen and oxygen atoms in total. The van der Waals surface area contributed by atoms with E-state index < -0.39 is 14.5 Å². The smallest absolute Gasteiger partial charge is 0.295 e. The van der Waals surface area contributed by atoms with E-state index in [0.717, 1.165) is 11.6 Å². The number of imidazole rings is 1. The molecule has 0 atom stereocenters. The fourth-order valence-electron chi connectivity index (χ4n) is 2.15. The van der Waals surface area contributed by atoms with Crippen molar-refractivity contribution in [2.45, 2.75) is 45.4 Å². The highest BCUT2D eigenvalue weighted by Crippen LogP contribution is 2.25. The Hall–Kier alpha value is -1.31. The third kappa shape index (κ3) is 4.12. The molecule has 1 heterocycles. The van der Waals surface area contributed by atoms with Gasteiger partial charge in [0.2, 0.25) is 0 Å². The molecule has 0 bridgehead atoms. The number of hydrogen-bond acceptors (Lipinski definition) is 3. The summed E-state index contributed by atoms with van der Waals surface area (Å²) < 4.78 is 33.4. The van der Waals surface area contributed by atoms with Gasteiger partial charge < -0.3 is 10.5 Å². The number of rotatable bonds is 7. The van der Waals surface area contributed by atoms with Gasteiger partial charge in [-0.1, -0.05) is 25.7 Å². The molecular formula is C15H23F2N3OSi. The first kappa shape index (κ1) is 17.0. The number of nitrogens with zero attached hydrogens (tertiary/aromatic N) is 2. The number of alkyl halides is 2. The van der Waals surface area contributed by atoms with Gasteiger partial charge in [-0.2, -0.15) is 0 Å². The predicted octanol–water partition coefficient (Wildman–Crippen LogP) is 3.74. The Morgan fingerprint density at radius 1 is 1.32 bits per heavy atom. The molecule has 122 valence electrons. The minimum absolute atomic E-state index is 0.0919. The van der Waals surface area contributed by atoms with Crippen molar-refractivity contribution >= 4 is 19.1 Å². The molecule has 0 aliphatic rings. The van der Waals surface area contributed by atoms with Gasteiger partial charge in [-0.3, -0.25) is 4.57 Å². The Morgan fingerprint density at radius 3 is 2.64 bits per heavy atom. The second kappa shape index (κ2) is 6.85. The third-order valence-corrected chi connectivity index (χ3v) is 5.19. The lowest BCUT2D eigenvalue weighted by atomic mass is 10.2. The molecule has 7 heteroatoms. The first-order chi connectivity index (χ1) is 10.3. The number of hydrogen-bond donors (Lipinski definition) is 1. The van der Waals surface area contributed by atoms with E-state index in [9.17, 15) is 8.78 Å². The van der Waals surface area contributed by atoms with Crippen molar-refractivity contribution in [3.05, 3.63) is 29.6 Å². The average Bonchev–Trinajstić information content (AvgIpc) is 2.80. The lowest BCUT2D eigenvalue weighted by Gasteiger charge is -2.16. The average molecular weight is 327 g/mol. The number of nitrogens with two attached hydrogens (primary N) is 1. The van der Waals surface area contributed by atoms with Crippen molar-refractivity contribution in [3.63, 3.8) is 0 Å². The van der Waals surface area contributed by atoms with Crippen molar-refractivity contribution in [1.82, 2.24) is 9.55 Å². The minimum Gasteiger partial charge on any atom is -0.361 e. The van der Waals surface area contributed by atoms with E-state index in [1.807, 2.05) is 0 Å². The van der Waals surface area contributed by atoms with Crippen LogP contribution < -0.4 is 5.73 Å². The zero-order valence-corrected chi connectivity index (χ0v) is 14.3. The van der Waals surface area contributed by atoms with Crippen molar-refractivity contribution in [1.29, 1.82) is 0 Å². The molecule has 1 aromatic heterocycles. The Morgan fingerprint density at radius 2 is 2.05 bits per heavy atom. The van der Waals surface area contributed by atoms with Gasteiger partial charge in [-0.05, 0) is 23.7 Å². The Labute approximate surface area is 130 Å². The molecule has 0 aliphatic carbocycles. The summed E-state index contributed by atoms with van der Waals surface area (Å²) in [6.45, 7) is 7.79.